The Bertz CT molecular complexity index is 946. The average molecular weight is 367 g/mol. The Morgan fingerprint density at radius 3 is 2.96 bits per heavy atom. The Morgan fingerprint density at radius 2 is 2.19 bits per heavy atom. The Hall–Kier alpha value is -3.13. The minimum atomic E-state index is -0.638. The number of aliphatic hydroxyl groups is 1. The van der Waals surface area contributed by atoms with Gasteiger partial charge in [0.25, 0.3) is 5.91 Å². The maximum Gasteiger partial charge on any atom is 0.257 e. The van der Waals surface area contributed by atoms with E-state index < -0.39 is 6.10 Å². The number of hydrogen-bond acceptors (Lipinski definition) is 5. The fourth-order valence-electron chi connectivity index (χ4n) is 3.41. The predicted octanol–water partition coefficient (Wildman–Crippen LogP) is 1.68. The van der Waals surface area contributed by atoms with Gasteiger partial charge in [-0.15, -0.1) is 0 Å². The standard InChI is InChI=1S/C19H18FN5O2/c20-14-3-1-2-12(6-14)18-16(9-23-24-18)19(27)25-10-13(17(26)11-25)7-15-8-21-4-5-22-15/h1-6,8-9,13,17,26H,7,10-11H2,(H,23,24)/t13-,17-/m1/s1. The van der Waals surface area contributed by atoms with Gasteiger partial charge in [0, 0.05) is 43.2 Å². The van der Waals surface area contributed by atoms with E-state index in [9.17, 15) is 14.3 Å². The number of carbonyl (C=O) groups excluding carboxylic acids is 1. The summed E-state index contributed by atoms with van der Waals surface area (Å²) in [5.41, 5.74) is 2.14. The number of nitrogens with one attached hydrogen (secondary N) is 1. The van der Waals surface area contributed by atoms with Gasteiger partial charge in [-0.1, -0.05) is 12.1 Å². The van der Waals surface area contributed by atoms with Gasteiger partial charge in [0.2, 0.25) is 0 Å². The molecule has 3 aromatic rings. The third kappa shape index (κ3) is 3.56. The molecule has 0 aliphatic carbocycles. The van der Waals surface area contributed by atoms with E-state index in [1.165, 1.54) is 18.3 Å². The first-order valence-electron chi connectivity index (χ1n) is 8.63. The third-order valence-electron chi connectivity index (χ3n) is 4.76. The van der Waals surface area contributed by atoms with Crippen LogP contribution >= 0.6 is 0 Å². The monoisotopic (exact) mass is 367 g/mol. The fourth-order valence-corrected chi connectivity index (χ4v) is 3.41. The summed E-state index contributed by atoms with van der Waals surface area (Å²) in [6, 6.07) is 5.98. The number of benzene rings is 1. The predicted molar refractivity (Wildman–Crippen MR) is 95.1 cm³/mol. The van der Waals surface area contributed by atoms with E-state index in [0.29, 0.717) is 29.8 Å². The molecule has 2 atom stereocenters. The van der Waals surface area contributed by atoms with Crippen molar-refractivity contribution in [1.82, 2.24) is 25.1 Å². The summed E-state index contributed by atoms with van der Waals surface area (Å²) in [4.78, 5) is 22.8. The van der Waals surface area contributed by atoms with Crippen LogP contribution in [0.25, 0.3) is 11.3 Å². The molecule has 1 aliphatic rings. The SMILES string of the molecule is O=C(c1cn[nH]c1-c1cccc(F)c1)N1C[C@@H](Cc2cnccn2)[C@H](O)C1. The fraction of sp³-hybridized carbons (Fsp3) is 0.263. The first-order chi connectivity index (χ1) is 13.1. The number of amides is 1. The smallest absolute Gasteiger partial charge is 0.257 e. The van der Waals surface area contributed by atoms with E-state index in [-0.39, 0.29) is 24.2 Å². The first-order valence-corrected chi connectivity index (χ1v) is 8.63. The Morgan fingerprint density at radius 1 is 1.30 bits per heavy atom. The number of aliphatic hydroxyl groups excluding tert-OH is 1. The molecular weight excluding hydrogens is 349 g/mol. The molecule has 138 valence electrons. The molecule has 8 heteroatoms. The average Bonchev–Trinajstić information content (AvgIpc) is 3.29. The second kappa shape index (κ2) is 7.24. The molecule has 4 rings (SSSR count). The van der Waals surface area contributed by atoms with Gasteiger partial charge < -0.3 is 10.0 Å². The molecule has 1 aliphatic heterocycles. The highest BCUT2D eigenvalue weighted by Gasteiger charge is 2.35. The molecule has 0 spiro atoms. The van der Waals surface area contributed by atoms with Gasteiger partial charge in [-0.05, 0) is 18.6 Å². The van der Waals surface area contributed by atoms with Crippen LogP contribution in [0.4, 0.5) is 4.39 Å². The van der Waals surface area contributed by atoms with Crippen molar-refractivity contribution in [2.24, 2.45) is 5.92 Å². The molecule has 1 saturated heterocycles. The summed E-state index contributed by atoms with van der Waals surface area (Å²) in [5, 5.41) is 17.1. The van der Waals surface area contributed by atoms with Gasteiger partial charge in [0.1, 0.15) is 5.82 Å². The molecule has 1 fully saturated rings. The molecule has 1 aromatic carbocycles. The van der Waals surface area contributed by atoms with Crippen LogP contribution in [0.2, 0.25) is 0 Å². The maximum absolute atomic E-state index is 13.5. The van der Waals surface area contributed by atoms with Crippen molar-refractivity contribution in [3.05, 3.63) is 66.1 Å². The molecule has 0 saturated carbocycles. The van der Waals surface area contributed by atoms with Crippen molar-refractivity contribution in [2.75, 3.05) is 13.1 Å². The van der Waals surface area contributed by atoms with Crippen molar-refractivity contribution in [1.29, 1.82) is 0 Å². The second-order valence-corrected chi connectivity index (χ2v) is 6.61. The summed E-state index contributed by atoms with van der Waals surface area (Å²) >= 11 is 0. The minimum absolute atomic E-state index is 0.116. The van der Waals surface area contributed by atoms with Crippen molar-refractivity contribution in [3.8, 4) is 11.3 Å². The molecule has 27 heavy (non-hydrogen) atoms. The molecule has 0 unspecified atom stereocenters. The van der Waals surface area contributed by atoms with Crippen LogP contribution in [0.15, 0.2) is 49.1 Å². The van der Waals surface area contributed by atoms with Crippen molar-refractivity contribution >= 4 is 5.91 Å². The lowest BCUT2D eigenvalue weighted by atomic mass is 10.0. The number of β-amino-alcohol motifs (C(OH)–C–C–N with tert-alkyl or cyclic N) is 1. The van der Waals surface area contributed by atoms with Gasteiger partial charge in [-0.25, -0.2) is 4.39 Å². The molecule has 3 heterocycles. The highest BCUT2D eigenvalue weighted by molar-refractivity contribution is 5.99. The first kappa shape index (κ1) is 17.3. The van der Waals surface area contributed by atoms with E-state index >= 15 is 0 Å². The highest BCUT2D eigenvalue weighted by Crippen LogP contribution is 2.26. The lowest BCUT2D eigenvalue weighted by Crippen LogP contribution is -2.29. The summed E-state index contributed by atoms with van der Waals surface area (Å²) in [6.07, 6.45) is 6.20. The number of halogens is 1. The van der Waals surface area contributed by atoms with Crippen LogP contribution in [-0.2, 0) is 6.42 Å². The van der Waals surface area contributed by atoms with Crippen LogP contribution in [0, 0.1) is 11.7 Å². The zero-order valence-corrected chi connectivity index (χ0v) is 14.4. The number of aromatic amines is 1. The number of H-pyrrole nitrogens is 1. The number of rotatable bonds is 4. The Labute approximate surface area is 154 Å². The highest BCUT2D eigenvalue weighted by atomic mass is 19.1. The quantitative estimate of drug-likeness (QED) is 0.732. The van der Waals surface area contributed by atoms with Gasteiger partial charge in [-0.2, -0.15) is 5.10 Å². The number of hydrogen-bond donors (Lipinski definition) is 2. The lowest BCUT2D eigenvalue weighted by molar-refractivity contribution is 0.0765. The second-order valence-electron chi connectivity index (χ2n) is 6.61. The minimum Gasteiger partial charge on any atom is -0.391 e. The van der Waals surface area contributed by atoms with Crippen LogP contribution in [0.3, 0.4) is 0 Å². The largest absolute Gasteiger partial charge is 0.391 e. The van der Waals surface area contributed by atoms with Crippen molar-refractivity contribution < 1.29 is 14.3 Å². The Balaban J connectivity index is 1.52. The van der Waals surface area contributed by atoms with Crippen LogP contribution in [0.5, 0.6) is 0 Å². The van der Waals surface area contributed by atoms with Crippen molar-refractivity contribution in [2.45, 2.75) is 12.5 Å². The number of aromatic nitrogens is 4. The van der Waals surface area contributed by atoms with E-state index in [1.54, 1.807) is 35.6 Å². The van der Waals surface area contributed by atoms with Crippen LogP contribution < -0.4 is 0 Å². The van der Waals surface area contributed by atoms with E-state index in [0.717, 1.165) is 5.69 Å². The van der Waals surface area contributed by atoms with E-state index in [1.807, 2.05) is 0 Å². The molecular formula is C19H18FN5O2. The summed E-state index contributed by atoms with van der Waals surface area (Å²) in [5.74, 6) is -0.750. The maximum atomic E-state index is 13.5. The van der Waals surface area contributed by atoms with E-state index in [2.05, 4.69) is 20.2 Å². The Kier molecular flexibility index (Phi) is 4.64. The third-order valence-corrected chi connectivity index (χ3v) is 4.76. The van der Waals surface area contributed by atoms with Gasteiger partial charge in [0.05, 0.1) is 29.3 Å². The number of likely N-dealkylation sites (tertiary alicyclic amines) is 1. The summed E-state index contributed by atoms with van der Waals surface area (Å²) in [6.45, 7) is 0.641. The topological polar surface area (TPSA) is 95.0 Å². The normalized spacial score (nSPS) is 19.4. The molecule has 7 nitrogen and oxygen atoms in total. The summed E-state index contributed by atoms with van der Waals surface area (Å²) in [7, 11) is 0. The van der Waals surface area contributed by atoms with Gasteiger partial charge in [0.15, 0.2) is 0 Å². The van der Waals surface area contributed by atoms with E-state index in [4.69, 9.17) is 0 Å². The van der Waals surface area contributed by atoms with Gasteiger partial charge in [-0.3, -0.25) is 19.9 Å². The number of nitrogens with zero attached hydrogens (tertiary/aromatic N) is 4. The molecule has 2 N–H and O–H groups in total. The number of carbonyl (C=O) groups is 1. The van der Waals surface area contributed by atoms with Crippen molar-refractivity contribution in [3.63, 3.8) is 0 Å². The zero-order valence-electron chi connectivity index (χ0n) is 14.4. The molecule has 1 amide bonds. The molecule has 0 bridgehead atoms. The molecule has 2 aromatic heterocycles. The zero-order chi connectivity index (χ0) is 18.8. The summed E-state index contributed by atoms with van der Waals surface area (Å²) < 4.78 is 13.5. The molecule has 0 radical (unpaired) electrons. The van der Waals surface area contributed by atoms with Crippen LogP contribution in [0.1, 0.15) is 16.1 Å². The van der Waals surface area contributed by atoms with Crippen LogP contribution in [-0.4, -0.2) is 55.3 Å². The van der Waals surface area contributed by atoms with Gasteiger partial charge >= 0.3 is 0 Å². The lowest BCUT2D eigenvalue weighted by Gasteiger charge is -2.16.